The quantitative estimate of drug-likeness (QED) is 0.710. The molecule has 1 aliphatic rings. The third kappa shape index (κ3) is 3.40. The zero-order valence-electron chi connectivity index (χ0n) is 10.3. The molecule has 1 N–H and O–H groups in total. The molecule has 0 bridgehead atoms. The minimum absolute atomic E-state index is 0.00256. The highest BCUT2D eigenvalue weighted by atomic mass is 79.9. The molecule has 1 aromatic heterocycles. The van der Waals surface area contributed by atoms with E-state index in [1.807, 2.05) is 6.07 Å². The zero-order valence-corrected chi connectivity index (χ0v) is 14.3. The number of pyridine rings is 1. The fourth-order valence-corrected chi connectivity index (χ4v) is 3.79. The van der Waals surface area contributed by atoms with Crippen molar-refractivity contribution in [2.75, 3.05) is 11.2 Å². The van der Waals surface area contributed by atoms with Crippen molar-refractivity contribution in [1.82, 2.24) is 4.98 Å². The van der Waals surface area contributed by atoms with Gasteiger partial charge in [-0.3, -0.25) is 0 Å². The Morgan fingerprint density at radius 2 is 2.11 bits per heavy atom. The van der Waals surface area contributed by atoms with Crippen molar-refractivity contribution >= 4 is 49.3 Å². The van der Waals surface area contributed by atoms with E-state index in [0.29, 0.717) is 5.88 Å². The zero-order chi connectivity index (χ0) is 13.2. The van der Waals surface area contributed by atoms with Crippen molar-refractivity contribution < 1.29 is 0 Å². The SMILES string of the molecule is CC1CCC(CCl)(Nc2ncc(Br)cc2Br)CC1. The number of anilines is 1. The lowest BCUT2D eigenvalue weighted by atomic mass is 9.78. The second-order valence-corrected chi connectivity index (χ2v) is 7.24. The molecule has 0 aliphatic heterocycles. The average molecular weight is 397 g/mol. The van der Waals surface area contributed by atoms with E-state index >= 15 is 0 Å². The summed E-state index contributed by atoms with van der Waals surface area (Å²) in [6.07, 6.45) is 6.49. The molecule has 100 valence electrons. The van der Waals surface area contributed by atoms with Gasteiger partial charge < -0.3 is 5.32 Å². The van der Waals surface area contributed by atoms with E-state index in [1.165, 1.54) is 12.8 Å². The predicted octanol–water partition coefficient (Wildman–Crippen LogP) is 5.21. The summed E-state index contributed by atoms with van der Waals surface area (Å²) in [6, 6.07) is 2.00. The highest BCUT2D eigenvalue weighted by molar-refractivity contribution is 9.11. The van der Waals surface area contributed by atoms with Gasteiger partial charge in [-0.1, -0.05) is 6.92 Å². The first-order chi connectivity index (χ1) is 8.54. The monoisotopic (exact) mass is 394 g/mol. The standard InChI is InChI=1S/C13H17Br2ClN2/c1-9-2-4-13(8-16,5-3-9)18-12-11(15)6-10(14)7-17-12/h6-7,9H,2-5,8H2,1H3,(H,17,18). The Morgan fingerprint density at radius 3 is 2.67 bits per heavy atom. The molecule has 1 heterocycles. The van der Waals surface area contributed by atoms with E-state index in [-0.39, 0.29) is 5.54 Å². The number of nitrogens with zero attached hydrogens (tertiary/aromatic N) is 1. The van der Waals surface area contributed by atoms with Gasteiger partial charge in [-0.15, -0.1) is 11.6 Å². The molecule has 0 spiro atoms. The Labute approximate surface area is 130 Å². The minimum atomic E-state index is -0.00256. The Bertz CT molecular complexity index is 417. The number of alkyl halides is 1. The first-order valence-corrected chi connectivity index (χ1v) is 8.32. The lowest BCUT2D eigenvalue weighted by molar-refractivity contribution is 0.286. The third-order valence-corrected chi connectivity index (χ3v) is 5.23. The maximum atomic E-state index is 6.20. The summed E-state index contributed by atoms with van der Waals surface area (Å²) in [5.74, 6) is 2.32. The van der Waals surface area contributed by atoms with Crippen LogP contribution >= 0.6 is 43.5 Å². The van der Waals surface area contributed by atoms with Crippen LogP contribution in [0.5, 0.6) is 0 Å². The maximum absolute atomic E-state index is 6.20. The number of halogens is 3. The molecule has 0 saturated heterocycles. The first kappa shape index (κ1) is 14.6. The molecular formula is C13H17Br2ClN2. The van der Waals surface area contributed by atoms with Gasteiger partial charge in [0.05, 0.1) is 10.0 Å². The Balaban J connectivity index is 2.15. The normalized spacial score (nSPS) is 28.1. The highest BCUT2D eigenvalue weighted by Crippen LogP contribution is 2.36. The number of nitrogens with one attached hydrogen (secondary N) is 1. The molecule has 18 heavy (non-hydrogen) atoms. The van der Waals surface area contributed by atoms with Gasteiger partial charge in [0.1, 0.15) is 5.82 Å². The van der Waals surface area contributed by atoms with Gasteiger partial charge in [-0.2, -0.15) is 0 Å². The van der Waals surface area contributed by atoms with Crippen LogP contribution in [0.25, 0.3) is 0 Å². The lowest BCUT2D eigenvalue weighted by Crippen LogP contribution is -2.43. The molecule has 2 rings (SSSR count). The van der Waals surface area contributed by atoms with E-state index in [1.54, 1.807) is 6.20 Å². The summed E-state index contributed by atoms with van der Waals surface area (Å²) < 4.78 is 1.94. The molecule has 5 heteroatoms. The molecule has 0 unspecified atom stereocenters. The van der Waals surface area contributed by atoms with E-state index in [9.17, 15) is 0 Å². The Kier molecular flexibility index (Phi) is 4.95. The van der Waals surface area contributed by atoms with Crippen LogP contribution < -0.4 is 5.32 Å². The van der Waals surface area contributed by atoms with Gasteiger partial charge >= 0.3 is 0 Å². The molecule has 0 radical (unpaired) electrons. The molecular weight excluding hydrogens is 379 g/mol. The van der Waals surface area contributed by atoms with Gasteiger partial charge in [0.15, 0.2) is 0 Å². The Morgan fingerprint density at radius 1 is 1.44 bits per heavy atom. The van der Waals surface area contributed by atoms with Gasteiger partial charge in [0, 0.05) is 16.5 Å². The molecule has 1 aromatic rings. The third-order valence-electron chi connectivity index (χ3n) is 3.68. The van der Waals surface area contributed by atoms with Gasteiger partial charge in [0.2, 0.25) is 0 Å². The number of rotatable bonds is 3. The fraction of sp³-hybridized carbons (Fsp3) is 0.615. The number of hydrogen-bond donors (Lipinski definition) is 1. The van der Waals surface area contributed by atoms with Crippen LogP contribution in [-0.4, -0.2) is 16.4 Å². The average Bonchev–Trinajstić information content (AvgIpc) is 2.36. The molecule has 1 fully saturated rings. The molecule has 0 aromatic carbocycles. The summed E-state index contributed by atoms with van der Waals surface area (Å²) in [5.41, 5.74) is -0.00256. The van der Waals surface area contributed by atoms with E-state index < -0.39 is 0 Å². The largest absolute Gasteiger partial charge is 0.362 e. The molecule has 0 amide bonds. The molecule has 1 aliphatic carbocycles. The van der Waals surface area contributed by atoms with Crippen molar-refractivity contribution in [3.63, 3.8) is 0 Å². The van der Waals surface area contributed by atoms with E-state index in [0.717, 1.165) is 33.5 Å². The predicted molar refractivity (Wildman–Crippen MR) is 84.3 cm³/mol. The van der Waals surface area contributed by atoms with Crippen LogP contribution in [0.1, 0.15) is 32.6 Å². The molecule has 0 atom stereocenters. The van der Waals surface area contributed by atoms with Crippen LogP contribution in [-0.2, 0) is 0 Å². The van der Waals surface area contributed by atoms with Gasteiger partial charge in [-0.25, -0.2) is 4.98 Å². The van der Waals surface area contributed by atoms with Crippen LogP contribution in [0, 0.1) is 5.92 Å². The summed E-state index contributed by atoms with van der Waals surface area (Å²) >= 11 is 13.2. The summed E-state index contributed by atoms with van der Waals surface area (Å²) in [7, 11) is 0. The summed E-state index contributed by atoms with van der Waals surface area (Å²) in [6.45, 7) is 2.31. The van der Waals surface area contributed by atoms with Crippen molar-refractivity contribution in [3.8, 4) is 0 Å². The van der Waals surface area contributed by atoms with Crippen molar-refractivity contribution in [1.29, 1.82) is 0 Å². The van der Waals surface area contributed by atoms with Crippen LogP contribution in [0.4, 0.5) is 5.82 Å². The maximum Gasteiger partial charge on any atom is 0.140 e. The first-order valence-electron chi connectivity index (χ1n) is 6.20. The minimum Gasteiger partial charge on any atom is -0.362 e. The van der Waals surface area contributed by atoms with Crippen LogP contribution in [0.15, 0.2) is 21.2 Å². The Hall–Kier alpha value is 0.200. The van der Waals surface area contributed by atoms with E-state index in [2.05, 4.69) is 49.1 Å². The topological polar surface area (TPSA) is 24.9 Å². The molecule has 2 nitrogen and oxygen atoms in total. The number of hydrogen-bond acceptors (Lipinski definition) is 2. The second-order valence-electron chi connectivity index (χ2n) is 5.21. The molecule has 1 saturated carbocycles. The second kappa shape index (κ2) is 6.10. The summed E-state index contributed by atoms with van der Waals surface area (Å²) in [5, 5.41) is 3.55. The smallest absolute Gasteiger partial charge is 0.140 e. The summed E-state index contributed by atoms with van der Waals surface area (Å²) in [4.78, 5) is 4.42. The van der Waals surface area contributed by atoms with Crippen molar-refractivity contribution in [2.45, 2.75) is 38.1 Å². The van der Waals surface area contributed by atoms with Crippen molar-refractivity contribution in [2.24, 2.45) is 5.92 Å². The fourth-order valence-electron chi connectivity index (χ4n) is 2.36. The number of aromatic nitrogens is 1. The van der Waals surface area contributed by atoms with Gasteiger partial charge in [0.25, 0.3) is 0 Å². The van der Waals surface area contributed by atoms with Crippen LogP contribution in [0.3, 0.4) is 0 Å². The van der Waals surface area contributed by atoms with E-state index in [4.69, 9.17) is 11.6 Å². The van der Waals surface area contributed by atoms with Crippen LogP contribution in [0.2, 0.25) is 0 Å². The highest BCUT2D eigenvalue weighted by Gasteiger charge is 2.34. The van der Waals surface area contributed by atoms with Gasteiger partial charge in [-0.05, 0) is 69.5 Å². The van der Waals surface area contributed by atoms with Crippen molar-refractivity contribution in [3.05, 3.63) is 21.2 Å². The lowest BCUT2D eigenvalue weighted by Gasteiger charge is -2.39.